The van der Waals surface area contributed by atoms with Gasteiger partial charge < -0.3 is 10.2 Å². The van der Waals surface area contributed by atoms with Gasteiger partial charge in [-0.05, 0) is 30.2 Å². The fourth-order valence-corrected chi connectivity index (χ4v) is 3.30. The van der Waals surface area contributed by atoms with E-state index in [2.05, 4.69) is 12.2 Å². The fraction of sp³-hybridized carbons (Fsp3) is 0.471. The molecule has 0 atom stereocenters. The third-order valence-electron chi connectivity index (χ3n) is 4.02. The predicted octanol–water partition coefficient (Wildman–Crippen LogP) is 2.58. The van der Waals surface area contributed by atoms with Gasteiger partial charge in [0, 0.05) is 35.0 Å². The van der Waals surface area contributed by atoms with Gasteiger partial charge >= 0.3 is 0 Å². The van der Waals surface area contributed by atoms with E-state index >= 15 is 0 Å². The van der Waals surface area contributed by atoms with Crippen molar-refractivity contribution in [2.75, 3.05) is 19.6 Å². The Labute approximate surface area is 142 Å². The zero-order chi connectivity index (χ0) is 15.9. The lowest BCUT2D eigenvalue weighted by atomic mass is 10.0. The van der Waals surface area contributed by atoms with Gasteiger partial charge in [0.2, 0.25) is 5.91 Å². The van der Waals surface area contributed by atoms with Crippen molar-refractivity contribution in [3.8, 4) is 0 Å². The van der Waals surface area contributed by atoms with Crippen molar-refractivity contribution in [2.45, 2.75) is 32.2 Å². The minimum atomic E-state index is -0.0602. The van der Waals surface area contributed by atoms with Crippen LogP contribution in [0.25, 0.3) is 6.08 Å². The van der Waals surface area contributed by atoms with Crippen molar-refractivity contribution in [2.24, 2.45) is 0 Å². The van der Waals surface area contributed by atoms with Gasteiger partial charge in [0.05, 0.1) is 19.6 Å². The Kier molecular flexibility index (Phi) is 6.74. The van der Waals surface area contributed by atoms with E-state index in [1.807, 2.05) is 0 Å². The topological polar surface area (TPSA) is 33.5 Å². The van der Waals surface area contributed by atoms with Crippen molar-refractivity contribution in [1.29, 1.82) is 0 Å². The van der Waals surface area contributed by atoms with Gasteiger partial charge in [-0.15, -0.1) is 0 Å². The van der Waals surface area contributed by atoms with Gasteiger partial charge in [0.15, 0.2) is 0 Å². The van der Waals surface area contributed by atoms with Gasteiger partial charge in [-0.2, -0.15) is 0 Å². The van der Waals surface area contributed by atoms with Crippen LogP contribution in [0.15, 0.2) is 24.3 Å². The number of hydrogen-bond donors (Lipinski definition) is 2. The van der Waals surface area contributed by atoms with Crippen LogP contribution >= 0.6 is 23.2 Å². The number of piperidine rings is 1. The number of carbonyl (C=O) groups is 1. The number of rotatable bonds is 5. The Morgan fingerprint density at radius 1 is 1.36 bits per heavy atom. The summed E-state index contributed by atoms with van der Waals surface area (Å²) in [6.07, 6.45) is 6.59. The SMILES string of the molecule is CCC[NH+]1CCC(NC(=O)/C=C/c2ccc(Cl)cc2Cl)CC1. The zero-order valence-corrected chi connectivity index (χ0v) is 14.4. The van der Waals surface area contributed by atoms with E-state index in [0.717, 1.165) is 31.5 Å². The molecule has 0 radical (unpaired) electrons. The molecule has 0 unspecified atom stereocenters. The quantitative estimate of drug-likeness (QED) is 0.793. The highest BCUT2D eigenvalue weighted by molar-refractivity contribution is 6.35. The molecule has 0 spiro atoms. The van der Waals surface area contributed by atoms with Gasteiger partial charge in [-0.3, -0.25) is 4.79 Å². The van der Waals surface area contributed by atoms with Gasteiger partial charge in [-0.25, -0.2) is 0 Å². The first kappa shape index (κ1) is 17.3. The third-order valence-corrected chi connectivity index (χ3v) is 4.58. The lowest BCUT2D eigenvalue weighted by molar-refractivity contribution is -0.905. The van der Waals surface area contributed by atoms with Gasteiger partial charge in [-0.1, -0.05) is 36.2 Å². The molecule has 1 amide bonds. The van der Waals surface area contributed by atoms with Crippen molar-refractivity contribution in [3.63, 3.8) is 0 Å². The molecule has 22 heavy (non-hydrogen) atoms. The molecule has 1 fully saturated rings. The number of likely N-dealkylation sites (tertiary alicyclic amines) is 1. The van der Waals surface area contributed by atoms with Crippen molar-refractivity contribution in [3.05, 3.63) is 39.9 Å². The molecule has 3 nitrogen and oxygen atoms in total. The molecule has 5 heteroatoms. The highest BCUT2D eigenvalue weighted by Crippen LogP contribution is 2.21. The Balaban J connectivity index is 1.82. The van der Waals surface area contributed by atoms with E-state index in [9.17, 15) is 4.79 Å². The first-order valence-electron chi connectivity index (χ1n) is 7.85. The molecular weight excluding hydrogens is 319 g/mol. The largest absolute Gasteiger partial charge is 0.349 e. The number of benzene rings is 1. The number of halogens is 2. The summed E-state index contributed by atoms with van der Waals surface area (Å²) in [5.74, 6) is -0.0602. The lowest BCUT2D eigenvalue weighted by Gasteiger charge is -2.29. The summed E-state index contributed by atoms with van der Waals surface area (Å²) in [7, 11) is 0. The maximum atomic E-state index is 12.0. The Morgan fingerprint density at radius 2 is 2.09 bits per heavy atom. The molecule has 1 saturated heterocycles. The molecule has 0 aliphatic carbocycles. The number of hydrogen-bond acceptors (Lipinski definition) is 1. The number of nitrogens with one attached hydrogen (secondary N) is 2. The molecular formula is C17H23Cl2N2O+. The summed E-state index contributed by atoms with van der Waals surface area (Å²) in [5.41, 5.74) is 0.795. The van der Waals surface area contributed by atoms with Crippen molar-refractivity contribution < 1.29 is 9.69 Å². The normalized spacial score (nSPS) is 22.0. The second kappa shape index (κ2) is 8.56. The minimum Gasteiger partial charge on any atom is -0.349 e. The van der Waals surface area contributed by atoms with Crippen LogP contribution in [0.2, 0.25) is 10.0 Å². The number of quaternary nitrogens is 1. The Hall–Kier alpha value is -1.03. The molecule has 0 saturated carbocycles. The van der Waals surface area contributed by atoms with Crippen LogP contribution in [-0.2, 0) is 4.79 Å². The highest BCUT2D eigenvalue weighted by Gasteiger charge is 2.21. The van der Waals surface area contributed by atoms with Crippen LogP contribution in [0.3, 0.4) is 0 Å². The van der Waals surface area contributed by atoms with E-state index in [1.54, 1.807) is 35.3 Å². The van der Waals surface area contributed by atoms with E-state index in [0.29, 0.717) is 16.1 Å². The summed E-state index contributed by atoms with van der Waals surface area (Å²) in [5, 5.41) is 4.21. The Morgan fingerprint density at radius 3 is 2.73 bits per heavy atom. The van der Waals surface area contributed by atoms with Crippen molar-refractivity contribution in [1.82, 2.24) is 5.32 Å². The average Bonchev–Trinajstić information content (AvgIpc) is 2.49. The van der Waals surface area contributed by atoms with E-state index < -0.39 is 0 Å². The highest BCUT2D eigenvalue weighted by atomic mass is 35.5. The van der Waals surface area contributed by atoms with E-state index in [4.69, 9.17) is 23.2 Å². The molecule has 120 valence electrons. The van der Waals surface area contributed by atoms with Crippen LogP contribution in [0.1, 0.15) is 31.7 Å². The number of amides is 1. The lowest BCUT2D eigenvalue weighted by Crippen LogP contribution is -3.13. The van der Waals surface area contributed by atoms with E-state index in [1.165, 1.54) is 13.0 Å². The van der Waals surface area contributed by atoms with E-state index in [-0.39, 0.29) is 5.91 Å². The maximum Gasteiger partial charge on any atom is 0.244 e. The van der Waals surface area contributed by atoms with Crippen LogP contribution in [0.4, 0.5) is 0 Å². The summed E-state index contributed by atoms with van der Waals surface area (Å²) in [6, 6.07) is 5.53. The van der Waals surface area contributed by atoms with Crippen LogP contribution in [-0.4, -0.2) is 31.6 Å². The summed E-state index contributed by atoms with van der Waals surface area (Å²) in [4.78, 5) is 13.6. The molecule has 1 aliphatic heterocycles. The van der Waals surface area contributed by atoms with Crippen LogP contribution in [0.5, 0.6) is 0 Å². The summed E-state index contributed by atoms with van der Waals surface area (Å²) < 4.78 is 0. The molecule has 2 rings (SSSR count). The first-order valence-corrected chi connectivity index (χ1v) is 8.61. The second-order valence-electron chi connectivity index (χ2n) is 5.78. The van der Waals surface area contributed by atoms with Gasteiger partial charge in [0.1, 0.15) is 0 Å². The molecule has 1 aromatic carbocycles. The second-order valence-corrected chi connectivity index (χ2v) is 6.63. The first-order chi connectivity index (χ1) is 10.6. The van der Waals surface area contributed by atoms with Crippen molar-refractivity contribution >= 4 is 35.2 Å². The van der Waals surface area contributed by atoms with Crippen LogP contribution < -0.4 is 10.2 Å². The maximum absolute atomic E-state index is 12.0. The zero-order valence-electron chi connectivity index (χ0n) is 12.9. The fourth-order valence-electron chi connectivity index (χ4n) is 2.83. The monoisotopic (exact) mass is 341 g/mol. The average molecular weight is 342 g/mol. The molecule has 2 N–H and O–H groups in total. The standard InChI is InChI=1S/C17H22Cl2N2O/c1-2-9-21-10-7-15(8-11-21)20-17(22)6-4-13-3-5-14(18)12-16(13)19/h3-6,12,15H,2,7-11H2,1H3,(H,20,22)/p+1/b6-4+. The minimum absolute atomic E-state index is 0.0602. The van der Waals surface area contributed by atoms with Crippen LogP contribution in [0, 0.1) is 0 Å². The predicted molar refractivity (Wildman–Crippen MR) is 92.5 cm³/mol. The van der Waals surface area contributed by atoms with Gasteiger partial charge in [0.25, 0.3) is 0 Å². The Bertz CT molecular complexity index is 537. The smallest absolute Gasteiger partial charge is 0.244 e. The molecule has 1 heterocycles. The third kappa shape index (κ3) is 5.31. The summed E-state index contributed by atoms with van der Waals surface area (Å²) in [6.45, 7) is 5.74. The number of carbonyl (C=O) groups excluding carboxylic acids is 1. The molecule has 0 aromatic heterocycles. The molecule has 1 aliphatic rings. The molecule has 1 aromatic rings. The molecule has 0 bridgehead atoms. The summed E-state index contributed by atoms with van der Waals surface area (Å²) >= 11 is 11.9.